The maximum atomic E-state index is 11.9. The zero-order valence-electron chi connectivity index (χ0n) is 10.0. The van der Waals surface area contributed by atoms with Crippen LogP contribution in [0.3, 0.4) is 0 Å². The third-order valence-electron chi connectivity index (χ3n) is 2.44. The zero-order valence-corrected chi connectivity index (χ0v) is 10.8. The minimum atomic E-state index is -4.42. The van der Waals surface area contributed by atoms with Crippen LogP contribution in [0.4, 0.5) is 13.2 Å². The van der Waals surface area contributed by atoms with Crippen molar-refractivity contribution in [3.8, 4) is 0 Å². The third kappa shape index (κ3) is 4.05. The van der Waals surface area contributed by atoms with Crippen LogP contribution in [0.25, 0.3) is 11.0 Å². The molecule has 2 rings (SSSR count). The van der Waals surface area contributed by atoms with Gasteiger partial charge >= 0.3 is 11.2 Å². The molecule has 1 aromatic heterocycles. The summed E-state index contributed by atoms with van der Waals surface area (Å²) in [5, 5.41) is 2.38. The minimum Gasteiger partial charge on any atom is -0.351 e. The Morgan fingerprint density at radius 1 is 1.25 bits per heavy atom. The van der Waals surface area contributed by atoms with Crippen LogP contribution in [0.2, 0.25) is 0 Å². The van der Waals surface area contributed by atoms with E-state index in [1.165, 1.54) is 0 Å². The molecule has 0 bridgehead atoms. The molecule has 0 unspecified atom stereocenters. The molecule has 3 N–H and O–H groups in total. The van der Waals surface area contributed by atoms with Crippen LogP contribution in [-0.2, 0) is 11.3 Å². The van der Waals surface area contributed by atoms with Crippen molar-refractivity contribution in [3.63, 3.8) is 0 Å². The number of alkyl halides is 3. The summed E-state index contributed by atoms with van der Waals surface area (Å²) in [5.74, 6) is -1.37. The van der Waals surface area contributed by atoms with Crippen molar-refractivity contribution >= 4 is 28.7 Å². The lowest BCUT2D eigenvalue weighted by Crippen LogP contribution is -2.25. The number of aromatic amines is 2. The van der Waals surface area contributed by atoms with Gasteiger partial charge in [0.15, 0.2) is 0 Å². The zero-order chi connectivity index (χ0) is 14.8. The number of carbonyl (C=O) groups is 1. The van der Waals surface area contributed by atoms with Crippen LogP contribution in [-0.4, -0.2) is 27.1 Å². The smallest absolute Gasteiger partial charge is 0.351 e. The molecule has 2 aromatic rings. The van der Waals surface area contributed by atoms with Gasteiger partial charge < -0.3 is 15.3 Å². The van der Waals surface area contributed by atoms with Gasteiger partial charge in [0.2, 0.25) is 5.91 Å². The summed E-state index contributed by atoms with van der Waals surface area (Å²) in [4.78, 5) is 27.4. The van der Waals surface area contributed by atoms with E-state index in [-0.39, 0.29) is 24.0 Å². The van der Waals surface area contributed by atoms with Crippen LogP contribution in [0.15, 0.2) is 23.0 Å². The van der Waals surface area contributed by atoms with Crippen LogP contribution in [0, 0.1) is 0 Å². The van der Waals surface area contributed by atoms with Gasteiger partial charge in [0.1, 0.15) is 0 Å². The minimum absolute atomic E-state index is 0.0976. The van der Waals surface area contributed by atoms with E-state index in [1.54, 1.807) is 18.2 Å². The number of hydrogen-bond acceptors (Lipinski definition) is 3. The number of carbonyl (C=O) groups excluding carboxylic acids is 1. The molecule has 1 aromatic carbocycles. The highest BCUT2D eigenvalue weighted by Crippen LogP contribution is 2.29. The van der Waals surface area contributed by atoms with Gasteiger partial charge in [-0.05, 0) is 29.5 Å². The Labute approximate surface area is 114 Å². The molecule has 0 aliphatic rings. The first-order valence-electron chi connectivity index (χ1n) is 5.52. The van der Waals surface area contributed by atoms with E-state index in [4.69, 9.17) is 0 Å². The molecule has 9 heteroatoms. The van der Waals surface area contributed by atoms with Crippen molar-refractivity contribution in [1.82, 2.24) is 15.3 Å². The fourth-order valence-corrected chi connectivity index (χ4v) is 1.99. The van der Waals surface area contributed by atoms with Crippen LogP contribution < -0.4 is 11.0 Å². The molecule has 0 aliphatic carbocycles. The average molecular weight is 305 g/mol. The lowest BCUT2D eigenvalue weighted by atomic mass is 10.2. The van der Waals surface area contributed by atoms with E-state index in [9.17, 15) is 22.8 Å². The van der Waals surface area contributed by atoms with Crippen molar-refractivity contribution in [2.24, 2.45) is 0 Å². The van der Waals surface area contributed by atoms with E-state index in [0.29, 0.717) is 16.6 Å². The largest absolute Gasteiger partial charge is 0.442 e. The molecule has 0 saturated carbocycles. The van der Waals surface area contributed by atoms with Gasteiger partial charge in [-0.25, -0.2) is 4.79 Å². The van der Waals surface area contributed by atoms with Crippen molar-refractivity contribution in [2.45, 2.75) is 12.1 Å². The number of fused-ring (bicyclic) bond motifs is 1. The predicted molar refractivity (Wildman–Crippen MR) is 69.3 cm³/mol. The van der Waals surface area contributed by atoms with Crippen LogP contribution in [0.5, 0.6) is 0 Å². The molecule has 0 radical (unpaired) electrons. The Kier molecular flexibility index (Phi) is 4.07. The van der Waals surface area contributed by atoms with Gasteiger partial charge in [-0.3, -0.25) is 4.79 Å². The normalized spacial score (nSPS) is 11.8. The number of aromatic nitrogens is 2. The fourth-order valence-electron chi connectivity index (χ4n) is 1.59. The Bertz CT molecular complexity index is 677. The number of hydrogen-bond donors (Lipinski definition) is 3. The molecule has 108 valence electrons. The topological polar surface area (TPSA) is 77.8 Å². The number of rotatable bonds is 4. The standard InChI is InChI=1S/C11H10F3N3O2S/c12-11(13,14)20-5-9(18)15-4-6-1-2-7-8(3-6)17-10(19)16-7/h1-3H,4-5H2,(H,15,18)(H2,16,17,19). The lowest BCUT2D eigenvalue weighted by Gasteiger charge is -2.07. The molecule has 0 atom stereocenters. The summed E-state index contributed by atoms with van der Waals surface area (Å²) in [7, 11) is 0. The van der Waals surface area contributed by atoms with Crippen molar-refractivity contribution in [2.75, 3.05) is 5.75 Å². The van der Waals surface area contributed by atoms with Gasteiger partial charge in [0.25, 0.3) is 0 Å². The Hall–Kier alpha value is -1.90. The highest BCUT2D eigenvalue weighted by Gasteiger charge is 2.29. The monoisotopic (exact) mass is 305 g/mol. The second-order valence-corrected chi connectivity index (χ2v) is 5.01. The van der Waals surface area contributed by atoms with E-state index in [1.807, 2.05) is 0 Å². The first-order valence-corrected chi connectivity index (χ1v) is 6.50. The number of halogens is 3. The summed E-state index contributed by atoms with van der Waals surface area (Å²) >= 11 is -0.382. The van der Waals surface area contributed by atoms with Crippen molar-refractivity contribution in [1.29, 1.82) is 0 Å². The molecule has 20 heavy (non-hydrogen) atoms. The third-order valence-corrected chi connectivity index (χ3v) is 3.17. The van der Waals surface area contributed by atoms with Gasteiger partial charge in [-0.2, -0.15) is 13.2 Å². The molecule has 1 heterocycles. The highest BCUT2D eigenvalue weighted by molar-refractivity contribution is 8.00. The highest BCUT2D eigenvalue weighted by atomic mass is 32.2. The van der Waals surface area contributed by atoms with Gasteiger partial charge in [0.05, 0.1) is 16.8 Å². The first kappa shape index (κ1) is 14.5. The average Bonchev–Trinajstić information content (AvgIpc) is 2.72. The summed E-state index contributed by atoms with van der Waals surface area (Å²) in [6.07, 6.45) is 0. The number of thioether (sulfide) groups is 1. The molecule has 0 saturated heterocycles. The summed E-state index contributed by atoms with van der Waals surface area (Å²) in [5.41, 5.74) is -2.88. The fraction of sp³-hybridized carbons (Fsp3) is 0.273. The van der Waals surface area contributed by atoms with Crippen LogP contribution in [0.1, 0.15) is 5.56 Å². The second kappa shape index (κ2) is 5.61. The molecular weight excluding hydrogens is 295 g/mol. The van der Waals surface area contributed by atoms with E-state index >= 15 is 0 Å². The van der Waals surface area contributed by atoms with Gasteiger partial charge in [0, 0.05) is 6.54 Å². The Morgan fingerprint density at radius 2 is 1.95 bits per heavy atom. The van der Waals surface area contributed by atoms with E-state index in [0.717, 1.165) is 0 Å². The maximum Gasteiger partial charge on any atom is 0.442 e. The summed E-state index contributed by atoms with van der Waals surface area (Å²) in [6.45, 7) is 0.0976. The summed E-state index contributed by atoms with van der Waals surface area (Å²) < 4.78 is 35.7. The molecule has 1 amide bonds. The van der Waals surface area contributed by atoms with Gasteiger partial charge in [-0.15, -0.1) is 0 Å². The van der Waals surface area contributed by atoms with E-state index in [2.05, 4.69) is 15.3 Å². The second-order valence-electron chi connectivity index (χ2n) is 3.97. The number of H-pyrrole nitrogens is 2. The van der Waals surface area contributed by atoms with Crippen LogP contribution >= 0.6 is 11.8 Å². The predicted octanol–water partition coefficient (Wildman–Crippen LogP) is 1.73. The van der Waals surface area contributed by atoms with E-state index < -0.39 is 17.2 Å². The first-order chi connectivity index (χ1) is 9.33. The molecule has 0 spiro atoms. The molecule has 0 aliphatic heterocycles. The Morgan fingerprint density at radius 3 is 2.65 bits per heavy atom. The SMILES string of the molecule is O=C(CSC(F)(F)F)NCc1ccc2[nH]c(=O)[nH]c2c1. The quantitative estimate of drug-likeness (QED) is 0.805. The Balaban J connectivity index is 1.92. The molecule has 5 nitrogen and oxygen atoms in total. The molecule has 0 fully saturated rings. The number of imidazole rings is 1. The maximum absolute atomic E-state index is 11.9. The summed E-state index contributed by atoms with van der Waals surface area (Å²) in [6, 6.07) is 4.97. The number of benzene rings is 1. The van der Waals surface area contributed by atoms with Crippen molar-refractivity contribution < 1.29 is 18.0 Å². The van der Waals surface area contributed by atoms with Crippen molar-refractivity contribution in [3.05, 3.63) is 34.2 Å². The molecular formula is C11H10F3N3O2S. The lowest BCUT2D eigenvalue weighted by molar-refractivity contribution is -0.119. The number of nitrogens with one attached hydrogen (secondary N) is 3. The number of amides is 1. The van der Waals surface area contributed by atoms with Gasteiger partial charge in [-0.1, -0.05) is 6.07 Å².